The third-order valence-electron chi connectivity index (χ3n) is 3.79. The molecule has 0 aliphatic rings. The summed E-state index contributed by atoms with van der Waals surface area (Å²) in [7, 11) is 3.22. The van der Waals surface area contributed by atoms with Crippen molar-refractivity contribution in [3.63, 3.8) is 0 Å². The van der Waals surface area contributed by atoms with Crippen molar-refractivity contribution in [2.24, 2.45) is 0 Å². The molecule has 0 atom stereocenters. The summed E-state index contributed by atoms with van der Waals surface area (Å²) in [6.45, 7) is 4.13. The summed E-state index contributed by atoms with van der Waals surface area (Å²) in [6.07, 6.45) is 1.53. The first-order valence-corrected chi connectivity index (χ1v) is 7.34. The number of fused-ring (bicyclic) bond motifs is 1. The van der Waals surface area contributed by atoms with E-state index in [0.717, 1.165) is 28.0 Å². The number of anilines is 2. The Morgan fingerprint density at radius 1 is 0.957 bits per heavy atom. The van der Waals surface area contributed by atoms with Crippen LogP contribution in [0.25, 0.3) is 10.9 Å². The molecule has 0 unspecified atom stereocenters. The van der Waals surface area contributed by atoms with E-state index in [2.05, 4.69) is 47.3 Å². The maximum atomic E-state index is 5.45. The average molecular weight is 309 g/mol. The Hall–Kier alpha value is -2.82. The highest BCUT2D eigenvalue weighted by molar-refractivity contribution is 5.96. The van der Waals surface area contributed by atoms with Crippen LogP contribution >= 0.6 is 0 Å². The molecule has 0 saturated heterocycles. The van der Waals surface area contributed by atoms with Crippen molar-refractivity contribution in [1.29, 1.82) is 0 Å². The van der Waals surface area contributed by atoms with Crippen LogP contribution in [-0.4, -0.2) is 24.2 Å². The molecule has 118 valence electrons. The van der Waals surface area contributed by atoms with Gasteiger partial charge in [0.25, 0.3) is 0 Å². The normalized spacial score (nSPS) is 10.6. The van der Waals surface area contributed by atoms with Crippen LogP contribution in [0.4, 0.5) is 11.5 Å². The molecule has 0 radical (unpaired) electrons. The zero-order valence-electron chi connectivity index (χ0n) is 13.7. The maximum absolute atomic E-state index is 5.45. The van der Waals surface area contributed by atoms with Gasteiger partial charge in [0, 0.05) is 11.1 Å². The molecule has 0 amide bonds. The monoisotopic (exact) mass is 309 g/mol. The topological polar surface area (TPSA) is 56.3 Å². The van der Waals surface area contributed by atoms with Gasteiger partial charge in [0.1, 0.15) is 17.7 Å². The van der Waals surface area contributed by atoms with E-state index in [1.54, 1.807) is 14.2 Å². The molecule has 5 nitrogen and oxygen atoms in total. The summed E-state index contributed by atoms with van der Waals surface area (Å²) in [5, 5.41) is 4.28. The lowest BCUT2D eigenvalue weighted by molar-refractivity contribution is 0.358. The van der Waals surface area contributed by atoms with Crippen molar-refractivity contribution in [3.8, 4) is 11.5 Å². The second-order valence-electron chi connectivity index (χ2n) is 5.36. The molecular formula is C18H19N3O2. The van der Waals surface area contributed by atoms with E-state index in [4.69, 9.17) is 9.47 Å². The molecule has 3 rings (SSSR count). The second-order valence-corrected chi connectivity index (χ2v) is 5.36. The van der Waals surface area contributed by atoms with Crippen molar-refractivity contribution >= 4 is 22.4 Å². The fourth-order valence-corrected chi connectivity index (χ4v) is 2.54. The smallest absolute Gasteiger partial charge is 0.187 e. The Bertz CT molecular complexity index is 862. The van der Waals surface area contributed by atoms with E-state index in [1.807, 2.05) is 12.1 Å². The summed E-state index contributed by atoms with van der Waals surface area (Å²) in [6, 6.07) is 10.1. The largest absolute Gasteiger partial charge is 0.493 e. The quantitative estimate of drug-likeness (QED) is 0.789. The SMILES string of the molecule is COc1ccc2c(Nc3cc(C)ccc3C)ncnc2c1OC. The Kier molecular flexibility index (Phi) is 4.02. The molecule has 0 spiro atoms. The fourth-order valence-electron chi connectivity index (χ4n) is 2.54. The van der Waals surface area contributed by atoms with Gasteiger partial charge >= 0.3 is 0 Å². The number of rotatable bonds is 4. The predicted molar refractivity (Wildman–Crippen MR) is 91.8 cm³/mol. The molecule has 0 saturated carbocycles. The number of nitrogens with zero attached hydrogens (tertiary/aromatic N) is 2. The first-order valence-electron chi connectivity index (χ1n) is 7.34. The van der Waals surface area contributed by atoms with Crippen LogP contribution in [0, 0.1) is 13.8 Å². The third-order valence-corrected chi connectivity index (χ3v) is 3.79. The van der Waals surface area contributed by atoms with Crippen LogP contribution in [0.5, 0.6) is 11.5 Å². The van der Waals surface area contributed by atoms with Crippen LogP contribution in [0.2, 0.25) is 0 Å². The molecule has 1 N–H and O–H groups in total. The molecule has 23 heavy (non-hydrogen) atoms. The zero-order chi connectivity index (χ0) is 16.4. The van der Waals surface area contributed by atoms with Gasteiger partial charge in [-0.1, -0.05) is 12.1 Å². The zero-order valence-corrected chi connectivity index (χ0v) is 13.7. The van der Waals surface area contributed by atoms with Gasteiger partial charge in [-0.25, -0.2) is 9.97 Å². The first-order chi connectivity index (χ1) is 11.1. The minimum absolute atomic E-state index is 0.608. The summed E-state index contributed by atoms with van der Waals surface area (Å²) < 4.78 is 10.8. The Morgan fingerprint density at radius 2 is 1.78 bits per heavy atom. The molecular weight excluding hydrogens is 290 g/mol. The minimum Gasteiger partial charge on any atom is -0.493 e. The van der Waals surface area contributed by atoms with E-state index < -0.39 is 0 Å². The predicted octanol–water partition coefficient (Wildman–Crippen LogP) is 4.01. The molecule has 1 heterocycles. The standard InChI is InChI=1S/C18H19N3O2/c1-11-5-6-12(2)14(9-11)21-18-13-7-8-15(22-3)17(23-4)16(13)19-10-20-18/h5-10H,1-4H3,(H,19,20,21). The van der Waals surface area contributed by atoms with Crippen molar-refractivity contribution in [3.05, 3.63) is 47.8 Å². The second kappa shape index (κ2) is 6.12. The molecule has 1 aromatic heterocycles. The summed E-state index contributed by atoms with van der Waals surface area (Å²) in [5.41, 5.74) is 4.09. The number of aryl methyl sites for hydroxylation is 2. The maximum Gasteiger partial charge on any atom is 0.187 e. The van der Waals surface area contributed by atoms with Crippen molar-refractivity contribution in [2.75, 3.05) is 19.5 Å². The summed E-state index contributed by atoms with van der Waals surface area (Å²) in [5.74, 6) is 2.00. The van der Waals surface area contributed by atoms with Gasteiger partial charge < -0.3 is 14.8 Å². The first kappa shape index (κ1) is 15.1. The minimum atomic E-state index is 0.608. The lowest BCUT2D eigenvalue weighted by atomic mass is 10.1. The van der Waals surface area contributed by atoms with E-state index in [0.29, 0.717) is 11.5 Å². The number of hydrogen-bond acceptors (Lipinski definition) is 5. The van der Waals surface area contributed by atoms with Crippen LogP contribution < -0.4 is 14.8 Å². The van der Waals surface area contributed by atoms with Crippen molar-refractivity contribution < 1.29 is 9.47 Å². The molecule has 2 aromatic carbocycles. The molecule has 0 fully saturated rings. The number of ether oxygens (including phenoxy) is 2. The van der Waals surface area contributed by atoms with E-state index >= 15 is 0 Å². The molecule has 0 aliphatic carbocycles. The molecule has 0 bridgehead atoms. The number of hydrogen-bond donors (Lipinski definition) is 1. The lowest BCUT2D eigenvalue weighted by Crippen LogP contribution is -2.00. The Morgan fingerprint density at radius 3 is 2.52 bits per heavy atom. The van der Waals surface area contributed by atoms with Gasteiger partial charge in [-0.15, -0.1) is 0 Å². The van der Waals surface area contributed by atoms with Gasteiger partial charge in [0.2, 0.25) is 0 Å². The van der Waals surface area contributed by atoms with Gasteiger partial charge in [0.15, 0.2) is 11.5 Å². The summed E-state index contributed by atoms with van der Waals surface area (Å²) in [4.78, 5) is 8.73. The van der Waals surface area contributed by atoms with Gasteiger partial charge in [-0.05, 0) is 43.2 Å². The van der Waals surface area contributed by atoms with Gasteiger partial charge in [0.05, 0.1) is 14.2 Å². The Labute approximate surface area is 135 Å². The van der Waals surface area contributed by atoms with Gasteiger partial charge in [-0.3, -0.25) is 0 Å². The van der Waals surface area contributed by atoms with E-state index in [9.17, 15) is 0 Å². The summed E-state index contributed by atoms with van der Waals surface area (Å²) >= 11 is 0. The van der Waals surface area contributed by atoms with Crippen LogP contribution in [0.3, 0.4) is 0 Å². The Balaban J connectivity index is 2.13. The van der Waals surface area contributed by atoms with Crippen LogP contribution in [0.15, 0.2) is 36.7 Å². The van der Waals surface area contributed by atoms with E-state index in [-0.39, 0.29) is 0 Å². The number of aromatic nitrogens is 2. The van der Waals surface area contributed by atoms with Crippen molar-refractivity contribution in [1.82, 2.24) is 9.97 Å². The van der Waals surface area contributed by atoms with Crippen LogP contribution in [-0.2, 0) is 0 Å². The van der Waals surface area contributed by atoms with E-state index in [1.165, 1.54) is 11.9 Å². The van der Waals surface area contributed by atoms with Gasteiger partial charge in [-0.2, -0.15) is 0 Å². The highest BCUT2D eigenvalue weighted by Gasteiger charge is 2.14. The van der Waals surface area contributed by atoms with Crippen LogP contribution in [0.1, 0.15) is 11.1 Å². The molecule has 0 aliphatic heterocycles. The lowest BCUT2D eigenvalue weighted by Gasteiger charge is -2.14. The van der Waals surface area contributed by atoms with Crippen molar-refractivity contribution in [2.45, 2.75) is 13.8 Å². The highest BCUT2D eigenvalue weighted by atomic mass is 16.5. The highest BCUT2D eigenvalue weighted by Crippen LogP contribution is 2.36. The molecule has 5 heteroatoms. The fraction of sp³-hybridized carbons (Fsp3) is 0.222. The third kappa shape index (κ3) is 2.77. The average Bonchev–Trinajstić information content (AvgIpc) is 2.57. The molecule has 3 aromatic rings. The number of benzene rings is 2. The number of methoxy groups -OCH3 is 2. The number of nitrogens with one attached hydrogen (secondary N) is 1.